The molecule has 12 heavy (non-hydrogen) atoms. The van der Waals surface area contributed by atoms with Crippen LogP contribution in [-0.2, 0) is 11.2 Å². The van der Waals surface area contributed by atoms with Crippen molar-refractivity contribution in [1.82, 2.24) is 0 Å². The van der Waals surface area contributed by atoms with Gasteiger partial charge in [0, 0.05) is 12.0 Å². The van der Waals surface area contributed by atoms with E-state index < -0.39 is 0 Å². The predicted octanol–water partition coefficient (Wildman–Crippen LogP) is 2.10. The van der Waals surface area contributed by atoms with E-state index in [4.69, 9.17) is 0 Å². The zero-order chi connectivity index (χ0) is 8.55. The molecule has 0 saturated heterocycles. The standard InChI is InChI=1S/C11H8O/c1-2-8-4-3-5-9-6-10(7-12)11(8)9/h2-5H,1,6H2. The fourth-order valence-electron chi connectivity index (χ4n) is 1.56. The SMILES string of the molecule is C=Cc1cccc2c1C(=C=O)C2. The van der Waals surface area contributed by atoms with E-state index in [1.54, 1.807) is 6.08 Å². The van der Waals surface area contributed by atoms with Crippen LogP contribution in [0.1, 0.15) is 16.7 Å². The first kappa shape index (κ1) is 7.08. The topological polar surface area (TPSA) is 17.1 Å². The Morgan fingerprint density at radius 3 is 3.00 bits per heavy atom. The van der Waals surface area contributed by atoms with Crippen molar-refractivity contribution in [2.24, 2.45) is 0 Å². The molecule has 0 heterocycles. The second kappa shape index (κ2) is 2.47. The van der Waals surface area contributed by atoms with Crippen LogP contribution < -0.4 is 0 Å². The van der Waals surface area contributed by atoms with Crippen LogP contribution in [0.2, 0.25) is 0 Å². The van der Waals surface area contributed by atoms with Crippen LogP contribution in [0.15, 0.2) is 24.8 Å². The van der Waals surface area contributed by atoms with Gasteiger partial charge in [0.25, 0.3) is 0 Å². The normalized spacial score (nSPS) is 12.8. The summed E-state index contributed by atoms with van der Waals surface area (Å²) in [6.07, 6.45) is 2.54. The van der Waals surface area contributed by atoms with Crippen LogP contribution in [0.25, 0.3) is 11.6 Å². The summed E-state index contributed by atoms with van der Waals surface area (Å²) in [4.78, 5) is 10.4. The van der Waals surface area contributed by atoms with Crippen molar-refractivity contribution >= 4 is 17.6 Å². The molecule has 1 aliphatic rings. The Hall–Kier alpha value is -1.59. The average molecular weight is 156 g/mol. The zero-order valence-corrected chi connectivity index (χ0v) is 6.63. The third-order valence-electron chi connectivity index (χ3n) is 2.20. The summed E-state index contributed by atoms with van der Waals surface area (Å²) < 4.78 is 0. The maximum Gasteiger partial charge on any atom is 0.128 e. The highest BCUT2D eigenvalue weighted by Crippen LogP contribution is 2.35. The van der Waals surface area contributed by atoms with Gasteiger partial charge in [0.2, 0.25) is 0 Å². The first-order chi connectivity index (χ1) is 5.86. The quantitative estimate of drug-likeness (QED) is 0.569. The fraction of sp³-hybridized carbons (Fsp3) is 0.0909. The van der Waals surface area contributed by atoms with E-state index in [0.29, 0.717) is 0 Å². The highest BCUT2D eigenvalue weighted by Gasteiger charge is 2.22. The smallest absolute Gasteiger partial charge is 0.128 e. The molecular weight excluding hydrogens is 148 g/mol. The van der Waals surface area contributed by atoms with Gasteiger partial charge in [-0.15, -0.1) is 0 Å². The minimum atomic E-state index is 0.764. The Balaban J connectivity index is 2.69. The van der Waals surface area contributed by atoms with Crippen molar-refractivity contribution in [3.8, 4) is 0 Å². The predicted molar refractivity (Wildman–Crippen MR) is 49.3 cm³/mol. The summed E-state index contributed by atoms with van der Waals surface area (Å²) in [7, 11) is 0. The van der Waals surface area contributed by atoms with Crippen molar-refractivity contribution in [2.75, 3.05) is 0 Å². The number of benzene rings is 1. The van der Waals surface area contributed by atoms with Gasteiger partial charge in [-0.25, -0.2) is 4.79 Å². The van der Waals surface area contributed by atoms with Gasteiger partial charge in [0.05, 0.1) is 0 Å². The van der Waals surface area contributed by atoms with Crippen molar-refractivity contribution in [3.63, 3.8) is 0 Å². The van der Waals surface area contributed by atoms with E-state index in [2.05, 4.69) is 6.58 Å². The molecule has 2 rings (SSSR count). The second-order valence-corrected chi connectivity index (χ2v) is 2.84. The van der Waals surface area contributed by atoms with E-state index in [-0.39, 0.29) is 0 Å². The third kappa shape index (κ3) is 0.775. The van der Waals surface area contributed by atoms with Crippen molar-refractivity contribution in [2.45, 2.75) is 6.42 Å². The molecule has 1 aromatic rings. The van der Waals surface area contributed by atoms with Crippen LogP contribution in [-0.4, -0.2) is 5.94 Å². The Kier molecular flexibility index (Phi) is 1.46. The number of carbonyl (C=O) groups excluding carboxylic acids is 1. The van der Waals surface area contributed by atoms with Gasteiger partial charge < -0.3 is 0 Å². The molecule has 1 aliphatic carbocycles. The molecule has 0 amide bonds. The van der Waals surface area contributed by atoms with E-state index in [0.717, 1.165) is 23.1 Å². The molecule has 0 spiro atoms. The van der Waals surface area contributed by atoms with Gasteiger partial charge in [0.1, 0.15) is 5.94 Å². The van der Waals surface area contributed by atoms with Crippen LogP contribution in [0.4, 0.5) is 0 Å². The summed E-state index contributed by atoms with van der Waals surface area (Å²) in [6, 6.07) is 5.98. The highest BCUT2D eigenvalue weighted by atomic mass is 16.1. The van der Waals surface area contributed by atoms with E-state index >= 15 is 0 Å². The molecule has 1 nitrogen and oxygen atoms in total. The molecule has 0 saturated carbocycles. The number of rotatable bonds is 1. The molecule has 58 valence electrons. The summed E-state index contributed by atoms with van der Waals surface area (Å²) in [6.45, 7) is 3.69. The second-order valence-electron chi connectivity index (χ2n) is 2.84. The summed E-state index contributed by atoms with van der Waals surface area (Å²) >= 11 is 0. The molecule has 1 aromatic carbocycles. The Morgan fingerprint density at radius 1 is 1.50 bits per heavy atom. The van der Waals surface area contributed by atoms with Gasteiger partial charge in [-0.3, -0.25) is 0 Å². The molecule has 0 fully saturated rings. The van der Waals surface area contributed by atoms with E-state index in [1.807, 2.05) is 24.1 Å². The van der Waals surface area contributed by atoms with Crippen molar-refractivity contribution < 1.29 is 4.79 Å². The van der Waals surface area contributed by atoms with Crippen molar-refractivity contribution in [1.29, 1.82) is 0 Å². The summed E-state index contributed by atoms with van der Waals surface area (Å²) in [5.41, 5.74) is 4.09. The lowest BCUT2D eigenvalue weighted by atomic mass is 9.81. The van der Waals surface area contributed by atoms with Crippen LogP contribution in [0.3, 0.4) is 0 Å². The molecule has 0 bridgehead atoms. The fourth-order valence-corrected chi connectivity index (χ4v) is 1.56. The third-order valence-corrected chi connectivity index (χ3v) is 2.20. The minimum absolute atomic E-state index is 0.764. The maximum absolute atomic E-state index is 10.4. The first-order valence-corrected chi connectivity index (χ1v) is 3.85. The monoisotopic (exact) mass is 156 g/mol. The lowest BCUT2D eigenvalue weighted by Gasteiger charge is -2.21. The van der Waals surface area contributed by atoms with E-state index in [1.165, 1.54) is 5.56 Å². The van der Waals surface area contributed by atoms with Crippen molar-refractivity contribution in [3.05, 3.63) is 41.5 Å². The average Bonchev–Trinajstić information content (AvgIpc) is 2.07. The van der Waals surface area contributed by atoms with E-state index in [9.17, 15) is 4.79 Å². The molecule has 0 aromatic heterocycles. The number of fused-ring (bicyclic) bond motifs is 1. The molecule has 0 N–H and O–H groups in total. The molecule has 1 heteroatoms. The molecular formula is C11H8O. The molecule has 0 unspecified atom stereocenters. The highest BCUT2D eigenvalue weighted by molar-refractivity contribution is 5.98. The molecule has 0 aliphatic heterocycles. The molecule has 0 radical (unpaired) electrons. The lowest BCUT2D eigenvalue weighted by molar-refractivity contribution is 0.569. The van der Waals surface area contributed by atoms with Gasteiger partial charge in [-0.1, -0.05) is 30.9 Å². The Morgan fingerprint density at radius 2 is 2.33 bits per heavy atom. The summed E-state index contributed by atoms with van der Waals surface area (Å²) in [5.74, 6) is 1.95. The Labute approximate surface area is 71.0 Å². The lowest BCUT2D eigenvalue weighted by Crippen LogP contribution is -2.09. The number of hydrogen-bond donors (Lipinski definition) is 0. The Bertz CT molecular complexity index is 395. The minimum Gasteiger partial charge on any atom is -0.233 e. The number of allylic oxidation sites excluding steroid dienone is 1. The van der Waals surface area contributed by atoms with Gasteiger partial charge >= 0.3 is 0 Å². The first-order valence-electron chi connectivity index (χ1n) is 3.85. The number of hydrogen-bond acceptors (Lipinski definition) is 1. The molecule has 0 atom stereocenters. The largest absolute Gasteiger partial charge is 0.233 e. The maximum atomic E-state index is 10.4. The van der Waals surface area contributed by atoms with Gasteiger partial charge in [-0.05, 0) is 16.7 Å². The van der Waals surface area contributed by atoms with Crippen LogP contribution >= 0.6 is 0 Å². The van der Waals surface area contributed by atoms with Crippen LogP contribution in [0.5, 0.6) is 0 Å². The van der Waals surface area contributed by atoms with Gasteiger partial charge in [-0.2, -0.15) is 0 Å². The summed E-state index contributed by atoms with van der Waals surface area (Å²) in [5, 5.41) is 0. The van der Waals surface area contributed by atoms with Crippen LogP contribution in [0, 0.1) is 0 Å². The van der Waals surface area contributed by atoms with Gasteiger partial charge in [0.15, 0.2) is 0 Å². The zero-order valence-electron chi connectivity index (χ0n) is 6.63.